The molecule has 136 valence electrons. The van der Waals surface area contributed by atoms with E-state index in [4.69, 9.17) is 20.9 Å². The number of para-hydroxylation sites is 1. The fourth-order valence-corrected chi connectivity index (χ4v) is 2.77. The molecule has 1 unspecified atom stereocenters. The van der Waals surface area contributed by atoms with Crippen LogP contribution >= 0.6 is 11.8 Å². The molecule has 0 aliphatic carbocycles. The maximum atomic E-state index is 6.32. The second-order valence-corrected chi connectivity index (χ2v) is 6.39. The van der Waals surface area contributed by atoms with Crippen LogP contribution < -0.4 is 21.5 Å². The van der Waals surface area contributed by atoms with E-state index in [1.807, 2.05) is 61.7 Å². The quantitative estimate of drug-likeness (QED) is 0.563. The molecule has 7 heteroatoms. The van der Waals surface area contributed by atoms with Gasteiger partial charge in [-0.1, -0.05) is 30.0 Å². The second kappa shape index (κ2) is 8.05. The molecule has 0 amide bonds. The first-order valence-electron chi connectivity index (χ1n) is 8.25. The van der Waals surface area contributed by atoms with Crippen LogP contribution in [0.4, 0.5) is 5.69 Å². The summed E-state index contributed by atoms with van der Waals surface area (Å²) in [6, 6.07) is 15.5. The molecule has 2 aromatic carbocycles. The zero-order valence-corrected chi connectivity index (χ0v) is 15.5. The van der Waals surface area contributed by atoms with Gasteiger partial charge >= 0.3 is 0 Å². The lowest BCUT2D eigenvalue weighted by Crippen LogP contribution is -2.14. The summed E-state index contributed by atoms with van der Waals surface area (Å²) in [5, 5.41) is 3.76. The van der Waals surface area contributed by atoms with E-state index in [2.05, 4.69) is 10.3 Å². The summed E-state index contributed by atoms with van der Waals surface area (Å²) in [6.07, 6.45) is 1.39. The van der Waals surface area contributed by atoms with Gasteiger partial charge < -0.3 is 26.3 Å². The number of nitrogens with one attached hydrogen (secondary N) is 1. The highest BCUT2D eigenvalue weighted by molar-refractivity contribution is 8.13. The van der Waals surface area contributed by atoms with Crippen LogP contribution in [0.3, 0.4) is 0 Å². The van der Waals surface area contributed by atoms with Gasteiger partial charge in [-0.2, -0.15) is 4.99 Å². The van der Waals surface area contributed by atoms with E-state index < -0.39 is 6.23 Å². The minimum Gasteiger partial charge on any atom is -0.494 e. The number of nitrogens with two attached hydrogens (primary N) is 2. The predicted octanol–water partition coefficient (Wildman–Crippen LogP) is 3.49. The third kappa shape index (κ3) is 3.88. The van der Waals surface area contributed by atoms with Gasteiger partial charge in [0.25, 0.3) is 0 Å². The molecule has 5 N–H and O–H groups in total. The number of ether oxygens (including phenoxy) is 2. The first-order chi connectivity index (χ1) is 12.6. The van der Waals surface area contributed by atoms with Crippen LogP contribution in [-0.4, -0.2) is 18.0 Å². The Balaban J connectivity index is 2.01. The molecule has 1 aliphatic rings. The monoisotopic (exact) mass is 370 g/mol. The highest BCUT2D eigenvalue weighted by Gasteiger charge is 2.23. The molecule has 26 heavy (non-hydrogen) atoms. The third-order valence-corrected chi connectivity index (χ3v) is 4.39. The number of hydrogen-bond donors (Lipinski definition) is 3. The van der Waals surface area contributed by atoms with Crippen molar-refractivity contribution in [2.75, 3.05) is 18.2 Å². The predicted molar refractivity (Wildman–Crippen MR) is 108 cm³/mol. The molecule has 0 fully saturated rings. The Labute approximate surface area is 157 Å². The summed E-state index contributed by atoms with van der Waals surface area (Å²) in [5.41, 5.74) is 15.3. The number of anilines is 1. The van der Waals surface area contributed by atoms with E-state index in [0.29, 0.717) is 23.4 Å². The lowest BCUT2D eigenvalue weighted by atomic mass is 10.1. The van der Waals surface area contributed by atoms with Gasteiger partial charge in [-0.15, -0.1) is 0 Å². The molecule has 0 saturated carbocycles. The number of thioether (sulfide) groups is 1. The summed E-state index contributed by atoms with van der Waals surface area (Å²) < 4.78 is 11.6. The molecule has 0 spiro atoms. The molecule has 1 aliphatic heterocycles. The maximum absolute atomic E-state index is 6.32. The third-order valence-electron chi connectivity index (χ3n) is 3.88. The number of benzene rings is 2. The molecule has 1 heterocycles. The molecule has 2 aromatic rings. The SMILES string of the molecule is CCOc1ccc(C2Nc3ccccc3C(N)=C(/N=C(\N)SC)O2)cc1. The van der Waals surface area contributed by atoms with Gasteiger partial charge in [-0.3, -0.25) is 0 Å². The molecule has 0 aromatic heterocycles. The van der Waals surface area contributed by atoms with Gasteiger partial charge in [0.15, 0.2) is 11.4 Å². The summed E-state index contributed by atoms with van der Waals surface area (Å²) in [4.78, 5) is 4.34. The van der Waals surface area contributed by atoms with Crippen molar-refractivity contribution in [2.24, 2.45) is 16.5 Å². The van der Waals surface area contributed by atoms with E-state index in [0.717, 1.165) is 22.6 Å². The van der Waals surface area contributed by atoms with Crippen molar-refractivity contribution < 1.29 is 9.47 Å². The standard InChI is InChI=1S/C19H22N4O2S/c1-3-24-13-10-8-12(9-11-13)17-22-15-7-5-4-6-14(15)16(20)18(25-17)23-19(21)26-2/h4-11,17,22H,3,20H2,1-2H3,(H2,21,23). The maximum Gasteiger partial charge on any atom is 0.242 e. The summed E-state index contributed by atoms with van der Waals surface area (Å²) in [5.74, 6) is 1.11. The Morgan fingerprint density at radius 3 is 2.65 bits per heavy atom. The Hall–Kier alpha value is -2.80. The van der Waals surface area contributed by atoms with Crippen LogP contribution in [0.1, 0.15) is 24.3 Å². The van der Waals surface area contributed by atoms with Crippen LogP contribution in [0.5, 0.6) is 5.75 Å². The Kier molecular flexibility index (Phi) is 5.58. The number of amidine groups is 1. The zero-order chi connectivity index (χ0) is 18.5. The van der Waals surface area contributed by atoms with Crippen LogP contribution in [0.25, 0.3) is 5.70 Å². The first kappa shape index (κ1) is 18.0. The second-order valence-electron chi connectivity index (χ2n) is 5.56. The van der Waals surface area contributed by atoms with Crippen molar-refractivity contribution in [3.8, 4) is 5.75 Å². The molecular weight excluding hydrogens is 348 g/mol. The number of hydrogen-bond acceptors (Lipinski definition) is 6. The number of fused-ring (bicyclic) bond motifs is 1. The van der Waals surface area contributed by atoms with Crippen molar-refractivity contribution in [1.82, 2.24) is 0 Å². The fraction of sp³-hybridized carbons (Fsp3) is 0.211. The lowest BCUT2D eigenvalue weighted by molar-refractivity contribution is 0.141. The van der Waals surface area contributed by atoms with Crippen molar-refractivity contribution >= 4 is 28.3 Å². The van der Waals surface area contributed by atoms with Gasteiger partial charge in [-0.05, 0) is 43.5 Å². The van der Waals surface area contributed by atoms with Gasteiger partial charge in [0, 0.05) is 16.8 Å². The Morgan fingerprint density at radius 2 is 1.96 bits per heavy atom. The van der Waals surface area contributed by atoms with Crippen LogP contribution in [0.2, 0.25) is 0 Å². The summed E-state index contributed by atoms with van der Waals surface area (Å²) in [6.45, 7) is 2.58. The van der Waals surface area contributed by atoms with E-state index >= 15 is 0 Å². The molecule has 3 rings (SSSR count). The average molecular weight is 370 g/mol. The minimum atomic E-state index is -0.457. The summed E-state index contributed by atoms with van der Waals surface area (Å²) >= 11 is 1.33. The average Bonchev–Trinajstić information content (AvgIpc) is 2.80. The summed E-state index contributed by atoms with van der Waals surface area (Å²) in [7, 11) is 0. The molecule has 1 atom stereocenters. The number of nitrogens with zero attached hydrogens (tertiary/aromatic N) is 1. The molecule has 0 bridgehead atoms. The normalized spacial score (nSPS) is 17.0. The van der Waals surface area contributed by atoms with Crippen molar-refractivity contribution in [3.05, 3.63) is 65.5 Å². The van der Waals surface area contributed by atoms with Crippen LogP contribution in [-0.2, 0) is 4.74 Å². The smallest absolute Gasteiger partial charge is 0.242 e. The van der Waals surface area contributed by atoms with Crippen molar-refractivity contribution in [1.29, 1.82) is 0 Å². The Bertz CT molecular complexity index is 834. The van der Waals surface area contributed by atoms with Crippen LogP contribution in [0, 0.1) is 0 Å². The van der Waals surface area contributed by atoms with E-state index in [1.54, 1.807) is 0 Å². The Morgan fingerprint density at radius 1 is 1.23 bits per heavy atom. The molecule has 6 nitrogen and oxygen atoms in total. The molecule has 0 saturated heterocycles. The highest BCUT2D eigenvalue weighted by atomic mass is 32.2. The highest BCUT2D eigenvalue weighted by Crippen LogP contribution is 2.34. The molecule has 0 radical (unpaired) electrons. The van der Waals surface area contributed by atoms with E-state index in [9.17, 15) is 0 Å². The first-order valence-corrected chi connectivity index (χ1v) is 9.48. The van der Waals surface area contributed by atoms with E-state index in [-0.39, 0.29) is 0 Å². The fourth-order valence-electron chi connectivity index (χ4n) is 2.59. The van der Waals surface area contributed by atoms with Crippen molar-refractivity contribution in [2.45, 2.75) is 13.2 Å². The van der Waals surface area contributed by atoms with Crippen LogP contribution in [0.15, 0.2) is 59.4 Å². The van der Waals surface area contributed by atoms with Crippen molar-refractivity contribution in [3.63, 3.8) is 0 Å². The zero-order valence-electron chi connectivity index (χ0n) is 14.7. The largest absolute Gasteiger partial charge is 0.494 e. The number of rotatable bonds is 4. The van der Waals surface area contributed by atoms with Gasteiger partial charge in [0.2, 0.25) is 5.88 Å². The van der Waals surface area contributed by atoms with Gasteiger partial charge in [-0.25, -0.2) is 0 Å². The lowest BCUT2D eigenvalue weighted by Gasteiger charge is -2.20. The minimum absolute atomic E-state index is 0.299. The molecular formula is C19H22N4O2S. The van der Waals surface area contributed by atoms with E-state index in [1.165, 1.54) is 11.8 Å². The topological polar surface area (TPSA) is 94.9 Å². The van der Waals surface area contributed by atoms with Gasteiger partial charge in [0.1, 0.15) is 11.4 Å². The number of aliphatic imine (C=N–C) groups is 1. The van der Waals surface area contributed by atoms with Gasteiger partial charge in [0.05, 0.1) is 6.61 Å².